The Bertz CT molecular complexity index is 1240. The number of benzene rings is 2. The molecule has 1 heterocycles. The van der Waals surface area contributed by atoms with Gasteiger partial charge >= 0.3 is 0 Å². The summed E-state index contributed by atoms with van der Waals surface area (Å²) in [5.41, 5.74) is 2.26. The highest BCUT2D eigenvalue weighted by molar-refractivity contribution is 14.1. The van der Waals surface area contributed by atoms with Gasteiger partial charge in [-0.1, -0.05) is 46.3 Å². The second-order valence-electron chi connectivity index (χ2n) is 6.91. The van der Waals surface area contributed by atoms with Crippen LogP contribution in [0.25, 0.3) is 0 Å². The summed E-state index contributed by atoms with van der Waals surface area (Å²) in [5, 5.41) is 6.47. The molecule has 33 heavy (non-hydrogen) atoms. The van der Waals surface area contributed by atoms with Gasteiger partial charge < -0.3 is 20.1 Å². The number of sulfonamides is 1. The molecule has 1 aromatic heterocycles. The number of nitrogens with one attached hydrogen (secondary N) is 3. The lowest BCUT2D eigenvalue weighted by Gasteiger charge is -2.16. The van der Waals surface area contributed by atoms with Gasteiger partial charge in [0.1, 0.15) is 16.5 Å². The Balaban J connectivity index is 1.91. The Labute approximate surface area is 211 Å². The molecule has 3 N–H and O–H groups in total. The van der Waals surface area contributed by atoms with Crippen molar-refractivity contribution in [1.29, 1.82) is 0 Å². The molecule has 0 atom stereocenters. The fourth-order valence-electron chi connectivity index (χ4n) is 2.89. The molecule has 0 radical (unpaired) electrons. The number of para-hydroxylation sites is 1. The summed E-state index contributed by atoms with van der Waals surface area (Å²) in [6.07, 6.45) is 2.54. The average Bonchev–Trinajstić information content (AvgIpc) is 2.76. The second-order valence-corrected chi connectivity index (χ2v) is 10.1. The lowest BCUT2D eigenvalue weighted by molar-refractivity contribution is 0.345. The minimum Gasteiger partial charge on any atom is -0.495 e. The van der Waals surface area contributed by atoms with Gasteiger partial charge in [0.15, 0.2) is 5.82 Å². The van der Waals surface area contributed by atoms with E-state index in [-0.39, 0.29) is 11.0 Å². The highest BCUT2D eigenvalue weighted by Crippen LogP contribution is 2.34. The lowest BCUT2D eigenvalue weighted by atomic mass is 10.2. The number of ether oxygens (including phenoxy) is 2. The number of hydrogen-bond donors (Lipinski definition) is 3. The van der Waals surface area contributed by atoms with E-state index in [1.165, 1.54) is 6.20 Å². The smallest absolute Gasteiger partial charge is 0.229 e. The summed E-state index contributed by atoms with van der Waals surface area (Å²) in [4.78, 5) is 8.70. The average molecular weight is 604 g/mol. The molecule has 2 aromatic carbocycles. The Hall–Kier alpha value is -2.51. The Morgan fingerprint density at radius 1 is 1.15 bits per heavy atom. The summed E-state index contributed by atoms with van der Waals surface area (Å²) < 4.78 is 38.1. The van der Waals surface area contributed by atoms with Crippen molar-refractivity contribution in [1.82, 2.24) is 9.97 Å². The van der Waals surface area contributed by atoms with Crippen LogP contribution >= 0.6 is 34.2 Å². The fourth-order valence-corrected chi connectivity index (χ4v) is 3.89. The molecule has 0 aliphatic heterocycles. The number of nitrogens with zero attached hydrogens (tertiary/aromatic N) is 2. The summed E-state index contributed by atoms with van der Waals surface area (Å²) in [7, 11) is -1.92. The van der Waals surface area contributed by atoms with Crippen molar-refractivity contribution in [2.24, 2.45) is 0 Å². The molecule has 3 aromatic rings. The largest absolute Gasteiger partial charge is 0.495 e. The van der Waals surface area contributed by atoms with Gasteiger partial charge in [-0.15, -0.1) is 0 Å². The minimum absolute atomic E-state index is 0.261. The third kappa shape index (κ3) is 6.98. The van der Waals surface area contributed by atoms with E-state index in [9.17, 15) is 8.42 Å². The van der Waals surface area contributed by atoms with Crippen LogP contribution in [0.15, 0.2) is 42.6 Å². The van der Waals surface area contributed by atoms with Crippen LogP contribution in [0.5, 0.6) is 11.5 Å². The summed E-state index contributed by atoms with van der Waals surface area (Å²) in [5.74, 6) is 1.82. The third-order valence-electron chi connectivity index (χ3n) is 4.32. The van der Waals surface area contributed by atoms with Gasteiger partial charge in [-0.25, -0.2) is 13.4 Å². The molecule has 0 bridgehead atoms. The van der Waals surface area contributed by atoms with Gasteiger partial charge in [0, 0.05) is 10.5 Å². The maximum atomic E-state index is 11.8. The van der Waals surface area contributed by atoms with Crippen molar-refractivity contribution in [2.75, 3.05) is 39.8 Å². The molecule has 0 unspecified atom stereocenters. The van der Waals surface area contributed by atoms with E-state index in [4.69, 9.17) is 21.1 Å². The Kier molecular flexibility index (Phi) is 8.43. The van der Waals surface area contributed by atoms with E-state index >= 15 is 0 Å². The number of hydrogen-bond acceptors (Lipinski definition) is 8. The first-order chi connectivity index (χ1) is 15.7. The summed E-state index contributed by atoms with van der Waals surface area (Å²) in [6.45, 7) is 2.38. The standard InChI is InChI=1S/C21H23ClIN5O4S/c1-13-5-4-6-16(19(13)28-33(3,29)30)25-20-15(22)12-24-21(27-20)26-17-11-14(32-10-9-23)7-8-18(17)31-2/h4-8,11-12,28H,9-10H2,1-3H3,(H2,24,25,26,27). The van der Waals surface area contributed by atoms with E-state index in [0.29, 0.717) is 41.0 Å². The molecular weight excluding hydrogens is 581 g/mol. The second kappa shape index (κ2) is 11.1. The van der Waals surface area contributed by atoms with Crippen LogP contribution < -0.4 is 24.8 Å². The van der Waals surface area contributed by atoms with Crippen LogP contribution in [0.1, 0.15) is 5.56 Å². The number of anilines is 5. The maximum Gasteiger partial charge on any atom is 0.229 e. The van der Waals surface area contributed by atoms with Crippen molar-refractivity contribution in [3.05, 3.63) is 53.2 Å². The first-order valence-corrected chi connectivity index (χ1v) is 13.5. The fraction of sp³-hybridized carbons (Fsp3) is 0.238. The van der Waals surface area contributed by atoms with Crippen molar-refractivity contribution in [3.8, 4) is 11.5 Å². The lowest BCUT2D eigenvalue weighted by Crippen LogP contribution is -2.12. The molecule has 176 valence electrons. The number of rotatable bonds is 10. The number of alkyl halides is 1. The Morgan fingerprint density at radius 3 is 2.64 bits per heavy atom. The molecule has 0 aliphatic carbocycles. The zero-order chi connectivity index (χ0) is 24.0. The van der Waals surface area contributed by atoms with Crippen molar-refractivity contribution >= 4 is 73.0 Å². The van der Waals surface area contributed by atoms with Crippen LogP contribution in [0, 0.1) is 6.92 Å². The van der Waals surface area contributed by atoms with E-state index in [2.05, 4.69) is 47.9 Å². The highest BCUT2D eigenvalue weighted by atomic mass is 127. The SMILES string of the molecule is COc1ccc(OCCI)cc1Nc1ncc(Cl)c(Nc2cccc(C)c2NS(C)(=O)=O)n1. The normalized spacial score (nSPS) is 11.1. The van der Waals surface area contributed by atoms with Crippen molar-refractivity contribution in [2.45, 2.75) is 6.92 Å². The van der Waals surface area contributed by atoms with E-state index in [1.54, 1.807) is 44.4 Å². The topological polar surface area (TPSA) is 114 Å². The molecule has 0 saturated heterocycles. The van der Waals surface area contributed by atoms with E-state index in [0.717, 1.165) is 16.2 Å². The Morgan fingerprint density at radius 2 is 1.94 bits per heavy atom. The molecule has 9 nitrogen and oxygen atoms in total. The van der Waals surface area contributed by atoms with Crippen molar-refractivity contribution < 1.29 is 17.9 Å². The maximum absolute atomic E-state index is 11.8. The molecule has 0 amide bonds. The molecule has 0 aliphatic rings. The molecule has 0 spiro atoms. The van der Waals surface area contributed by atoms with Gasteiger partial charge in [0.2, 0.25) is 16.0 Å². The zero-order valence-corrected chi connectivity index (χ0v) is 21.9. The molecular formula is C21H23ClIN5O4S. The summed E-state index contributed by atoms with van der Waals surface area (Å²) in [6, 6.07) is 10.7. The van der Waals surface area contributed by atoms with Gasteiger partial charge in [0.25, 0.3) is 0 Å². The zero-order valence-electron chi connectivity index (χ0n) is 18.1. The first kappa shape index (κ1) is 25.1. The number of methoxy groups -OCH3 is 1. The van der Waals surface area contributed by atoms with Crippen LogP contribution in [0.4, 0.5) is 28.8 Å². The van der Waals surface area contributed by atoms with Gasteiger partial charge in [-0.2, -0.15) is 4.98 Å². The van der Waals surface area contributed by atoms with Crippen LogP contribution in [0.2, 0.25) is 5.02 Å². The minimum atomic E-state index is -3.49. The first-order valence-electron chi connectivity index (χ1n) is 9.71. The predicted octanol–water partition coefficient (Wildman–Crippen LogP) is 5.12. The number of aryl methyl sites for hydroxylation is 1. The molecule has 0 saturated carbocycles. The summed E-state index contributed by atoms with van der Waals surface area (Å²) >= 11 is 8.56. The third-order valence-corrected chi connectivity index (χ3v) is 5.61. The van der Waals surface area contributed by atoms with E-state index in [1.807, 2.05) is 6.07 Å². The number of aromatic nitrogens is 2. The van der Waals surface area contributed by atoms with Gasteiger partial charge in [0.05, 0.1) is 43.2 Å². The van der Waals surface area contributed by atoms with Gasteiger partial charge in [-0.3, -0.25) is 4.72 Å². The van der Waals surface area contributed by atoms with E-state index < -0.39 is 10.0 Å². The van der Waals surface area contributed by atoms with Crippen LogP contribution in [0.3, 0.4) is 0 Å². The van der Waals surface area contributed by atoms with Crippen LogP contribution in [-0.4, -0.2) is 42.8 Å². The predicted molar refractivity (Wildman–Crippen MR) is 141 cm³/mol. The quantitative estimate of drug-likeness (QED) is 0.216. The van der Waals surface area contributed by atoms with Crippen molar-refractivity contribution in [3.63, 3.8) is 0 Å². The van der Waals surface area contributed by atoms with Gasteiger partial charge in [-0.05, 0) is 30.7 Å². The highest BCUT2D eigenvalue weighted by Gasteiger charge is 2.14. The number of halogens is 2. The molecule has 0 fully saturated rings. The monoisotopic (exact) mass is 603 g/mol. The van der Waals surface area contributed by atoms with Crippen LogP contribution in [-0.2, 0) is 10.0 Å². The molecule has 12 heteroatoms. The molecule has 3 rings (SSSR count).